The lowest BCUT2D eigenvalue weighted by atomic mass is 9.82. The van der Waals surface area contributed by atoms with Gasteiger partial charge in [-0.05, 0) is 63.9 Å². The Labute approximate surface area is 184 Å². The average molecular weight is 435 g/mol. The van der Waals surface area contributed by atoms with E-state index in [2.05, 4.69) is 0 Å². The topological polar surface area (TPSA) is 59.1 Å². The number of benzene rings is 1. The Morgan fingerprint density at radius 3 is 2.26 bits per heavy atom. The number of nitrogens with zero attached hydrogens (tertiary/aromatic N) is 2. The van der Waals surface area contributed by atoms with Crippen molar-refractivity contribution >= 4 is 12.2 Å². The SMILES string of the molecule is CC(C)(C)OC(=O)N1CCC(CC2CCN(C(=O)OCc3ccccc3)CC2)C(F)C1. The van der Waals surface area contributed by atoms with Gasteiger partial charge in [-0.1, -0.05) is 30.3 Å². The summed E-state index contributed by atoms with van der Waals surface area (Å²) < 4.78 is 25.6. The maximum atomic E-state index is 14.8. The van der Waals surface area contributed by atoms with Gasteiger partial charge in [0.25, 0.3) is 0 Å². The van der Waals surface area contributed by atoms with Gasteiger partial charge >= 0.3 is 12.2 Å². The molecule has 0 bridgehead atoms. The molecule has 6 nitrogen and oxygen atoms in total. The van der Waals surface area contributed by atoms with Crippen LogP contribution in [-0.2, 0) is 16.1 Å². The zero-order valence-electron chi connectivity index (χ0n) is 18.9. The van der Waals surface area contributed by atoms with E-state index in [0.29, 0.717) is 32.0 Å². The van der Waals surface area contributed by atoms with E-state index in [1.165, 1.54) is 4.90 Å². The first-order valence-electron chi connectivity index (χ1n) is 11.3. The van der Waals surface area contributed by atoms with Crippen LogP contribution >= 0.6 is 0 Å². The second-order valence-electron chi connectivity index (χ2n) is 9.70. The maximum absolute atomic E-state index is 14.8. The molecule has 7 heteroatoms. The number of halogens is 1. The first-order valence-corrected chi connectivity index (χ1v) is 11.3. The third-order valence-electron chi connectivity index (χ3n) is 6.04. The van der Waals surface area contributed by atoms with Crippen LogP contribution in [0.5, 0.6) is 0 Å². The lowest BCUT2D eigenvalue weighted by molar-refractivity contribution is 0.00185. The van der Waals surface area contributed by atoms with Gasteiger partial charge in [0, 0.05) is 19.6 Å². The number of hydrogen-bond acceptors (Lipinski definition) is 4. The molecule has 2 amide bonds. The molecule has 2 heterocycles. The largest absolute Gasteiger partial charge is 0.445 e. The Kier molecular flexibility index (Phi) is 7.79. The normalized spacial score (nSPS) is 22.8. The summed E-state index contributed by atoms with van der Waals surface area (Å²) in [5.41, 5.74) is 0.396. The van der Waals surface area contributed by atoms with Gasteiger partial charge in [0.05, 0.1) is 6.54 Å². The van der Waals surface area contributed by atoms with Crippen LogP contribution in [0.3, 0.4) is 0 Å². The maximum Gasteiger partial charge on any atom is 0.410 e. The predicted octanol–water partition coefficient (Wildman–Crippen LogP) is 5.02. The fourth-order valence-electron chi connectivity index (χ4n) is 4.30. The first kappa shape index (κ1) is 23.4. The van der Waals surface area contributed by atoms with E-state index in [1.807, 2.05) is 51.1 Å². The van der Waals surface area contributed by atoms with E-state index >= 15 is 0 Å². The van der Waals surface area contributed by atoms with Crippen LogP contribution in [0.1, 0.15) is 52.0 Å². The number of rotatable bonds is 4. The zero-order valence-corrected chi connectivity index (χ0v) is 18.9. The molecule has 2 atom stereocenters. The summed E-state index contributed by atoms with van der Waals surface area (Å²) in [5, 5.41) is 0. The van der Waals surface area contributed by atoms with Crippen molar-refractivity contribution in [1.82, 2.24) is 9.80 Å². The molecule has 0 aromatic heterocycles. The highest BCUT2D eigenvalue weighted by Crippen LogP contribution is 2.32. The molecule has 0 N–H and O–H groups in total. The molecule has 0 radical (unpaired) electrons. The standard InChI is InChI=1S/C24H35FN2O4/c1-24(2,3)31-23(29)27-14-11-20(21(25)16-27)15-18-9-12-26(13-10-18)22(28)30-17-19-7-5-4-6-8-19/h4-8,18,20-21H,9-17H2,1-3H3. The molecule has 2 aliphatic rings. The lowest BCUT2D eigenvalue weighted by Crippen LogP contribution is -2.47. The molecule has 2 saturated heterocycles. The quantitative estimate of drug-likeness (QED) is 0.668. The molecule has 0 spiro atoms. The van der Waals surface area contributed by atoms with Crippen molar-refractivity contribution in [2.75, 3.05) is 26.2 Å². The van der Waals surface area contributed by atoms with Gasteiger partial charge in [0.1, 0.15) is 18.4 Å². The summed E-state index contributed by atoms with van der Waals surface area (Å²) in [4.78, 5) is 27.7. The smallest absolute Gasteiger partial charge is 0.410 e. The second kappa shape index (κ2) is 10.3. The molecular weight excluding hydrogens is 399 g/mol. The Hall–Kier alpha value is -2.31. The van der Waals surface area contributed by atoms with Crippen molar-refractivity contribution < 1.29 is 23.5 Å². The van der Waals surface area contributed by atoms with Crippen LogP contribution in [0.2, 0.25) is 0 Å². The molecule has 1 aromatic rings. The number of hydrogen-bond donors (Lipinski definition) is 0. The molecular formula is C24H35FN2O4. The van der Waals surface area contributed by atoms with E-state index in [-0.39, 0.29) is 25.2 Å². The monoisotopic (exact) mass is 434 g/mol. The van der Waals surface area contributed by atoms with E-state index < -0.39 is 17.9 Å². The van der Waals surface area contributed by atoms with Crippen LogP contribution in [0, 0.1) is 11.8 Å². The predicted molar refractivity (Wildman–Crippen MR) is 116 cm³/mol. The van der Waals surface area contributed by atoms with Crippen LogP contribution in [-0.4, -0.2) is 59.9 Å². The number of alkyl halides is 1. The molecule has 1 aromatic carbocycles. The second-order valence-corrected chi connectivity index (χ2v) is 9.70. The van der Waals surface area contributed by atoms with Gasteiger partial charge in [0.15, 0.2) is 0 Å². The van der Waals surface area contributed by atoms with Crippen molar-refractivity contribution in [3.63, 3.8) is 0 Å². The third kappa shape index (κ3) is 7.11. The van der Waals surface area contributed by atoms with Crippen LogP contribution < -0.4 is 0 Å². The number of carbonyl (C=O) groups is 2. The Morgan fingerprint density at radius 1 is 1.00 bits per heavy atom. The van der Waals surface area contributed by atoms with Crippen molar-refractivity contribution in [3.05, 3.63) is 35.9 Å². The minimum Gasteiger partial charge on any atom is -0.445 e. The number of piperidine rings is 2. The molecule has 3 rings (SSSR count). The van der Waals surface area contributed by atoms with Crippen LogP contribution in [0.4, 0.5) is 14.0 Å². The minimum absolute atomic E-state index is 0.0414. The van der Waals surface area contributed by atoms with E-state index in [0.717, 1.165) is 24.8 Å². The highest BCUT2D eigenvalue weighted by atomic mass is 19.1. The lowest BCUT2D eigenvalue weighted by Gasteiger charge is -2.38. The summed E-state index contributed by atoms with van der Waals surface area (Å²) in [6, 6.07) is 9.64. The van der Waals surface area contributed by atoms with Crippen LogP contribution in [0.25, 0.3) is 0 Å². The Morgan fingerprint density at radius 2 is 1.65 bits per heavy atom. The molecule has 172 valence electrons. The van der Waals surface area contributed by atoms with Crippen molar-refractivity contribution in [1.29, 1.82) is 0 Å². The molecule has 0 aliphatic carbocycles. The zero-order chi connectivity index (χ0) is 22.4. The van der Waals surface area contributed by atoms with E-state index in [1.54, 1.807) is 4.90 Å². The third-order valence-corrected chi connectivity index (χ3v) is 6.04. The van der Waals surface area contributed by atoms with Gasteiger partial charge in [-0.3, -0.25) is 0 Å². The summed E-state index contributed by atoms with van der Waals surface area (Å²) in [6.07, 6.45) is 1.43. The summed E-state index contributed by atoms with van der Waals surface area (Å²) in [7, 11) is 0. The fraction of sp³-hybridized carbons (Fsp3) is 0.667. The molecule has 2 fully saturated rings. The van der Waals surface area contributed by atoms with Gasteiger partial charge < -0.3 is 19.3 Å². The fourth-order valence-corrected chi connectivity index (χ4v) is 4.30. The van der Waals surface area contributed by atoms with E-state index in [4.69, 9.17) is 9.47 Å². The molecule has 31 heavy (non-hydrogen) atoms. The minimum atomic E-state index is -1.03. The summed E-state index contributed by atoms with van der Waals surface area (Å²) in [6.45, 7) is 7.64. The molecule has 2 aliphatic heterocycles. The highest BCUT2D eigenvalue weighted by molar-refractivity contribution is 5.68. The highest BCUT2D eigenvalue weighted by Gasteiger charge is 2.35. The summed E-state index contributed by atoms with van der Waals surface area (Å²) in [5.74, 6) is 0.356. The average Bonchev–Trinajstić information content (AvgIpc) is 2.73. The summed E-state index contributed by atoms with van der Waals surface area (Å²) >= 11 is 0. The van der Waals surface area contributed by atoms with Crippen molar-refractivity contribution in [3.8, 4) is 0 Å². The number of amides is 2. The van der Waals surface area contributed by atoms with Gasteiger partial charge in [0.2, 0.25) is 0 Å². The Bertz CT molecular complexity index is 729. The molecule has 2 unspecified atom stereocenters. The molecule has 0 saturated carbocycles. The number of likely N-dealkylation sites (tertiary alicyclic amines) is 2. The first-order chi connectivity index (χ1) is 14.7. The number of carbonyl (C=O) groups excluding carboxylic acids is 2. The van der Waals surface area contributed by atoms with Gasteiger partial charge in [-0.2, -0.15) is 0 Å². The van der Waals surface area contributed by atoms with Gasteiger partial charge in [-0.25, -0.2) is 14.0 Å². The Balaban J connectivity index is 1.38. The van der Waals surface area contributed by atoms with Crippen molar-refractivity contribution in [2.45, 2.75) is 64.8 Å². The van der Waals surface area contributed by atoms with Gasteiger partial charge in [-0.15, -0.1) is 0 Å². The van der Waals surface area contributed by atoms with Crippen molar-refractivity contribution in [2.24, 2.45) is 11.8 Å². The number of ether oxygens (including phenoxy) is 2. The van der Waals surface area contributed by atoms with Crippen LogP contribution in [0.15, 0.2) is 30.3 Å². The van der Waals surface area contributed by atoms with E-state index in [9.17, 15) is 14.0 Å².